The van der Waals surface area contributed by atoms with E-state index in [1.165, 1.54) is 30.5 Å². The van der Waals surface area contributed by atoms with Gasteiger partial charge in [0.25, 0.3) is 0 Å². The maximum atomic E-state index is 11.9. The number of nitrogens with zero attached hydrogens (tertiary/aromatic N) is 1. The molecule has 2 aromatic carbocycles. The number of rotatable bonds is 7. The van der Waals surface area contributed by atoms with Crippen LogP contribution in [0.5, 0.6) is 0 Å². The van der Waals surface area contributed by atoms with Crippen molar-refractivity contribution in [1.82, 2.24) is 10.6 Å². The van der Waals surface area contributed by atoms with E-state index in [1.54, 1.807) is 12.1 Å². The van der Waals surface area contributed by atoms with Gasteiger partial charge in [0, 0.05) is 36.9 Å². The molecule has 1 heterocycles. The first-order chi connectivity index (χ1) is 14.1. The van der Waals surface area contributed by atoms with Gasteiger partial charge in [-0.15, -0.1) is 0 Å². The third-order valence-corrected chi connectivity index (χ3v) is 5.41. The van der Waals surface area contributed by atoms with Crippen molar-refractivity contribution in [3.63, 3.8) is 0 Å². The normalized spacial score (nSPS) is 13.8. The topological polar surface area (TPSA) is 61.4 Å². The highest BCUT2D eigenvalue weighted by Crippen LogP contribution is 2.20. The Kier molecular flexibility index (Phi) is 7.94. The minimum atomic E-state index is -0.620. The molecule has 3 rings (SSSR count). The highest BCUT2D eigenvalue weighted by molar-refractivity contribution is 6.35. The van der Waals surface area contributed by atoms with Gasteiger partial charge in [-0.3, -0.25) is 9.59 Å². The second kappa shape index (κ2) is 10.9. The zero-order chi connectivity index (χ0) is 20.5. The van der Waals surface area contributed by atoms with E-state index in [4.69, 9.17) is 11.6 Å². The summed E-state index contributed by atoms with van der Waals surface area (Å²) < 4.78 is 0. The van der Waals surface area contributed by atoms with E-state index in [1.807, 2.05) is 12.1 Å². The zero-order valence-electron chi connectivity index (χ0n) is 16.6. The van der Waals surface area contributed by atoms with Crippen LogP contribution in [0.25, 0.3) is 0 Å². The van der Waals surface area contributed by atoms with E-state index >= 15 is 0 Å². The van der Waals surface area contributed by atoms with Crippen molar-refractivity contribution in [2.75, 3.05) is 24.5 Å². The molecule has 0 bridgehead atoms. The number of aryl methyl sites for hydroxylation is 1. The lowest BCUT2D eigenvalue weighted by Crippen LogP contribution is -2.40. The van der Waals surface area contributed by atoms with E-state index in [2.05, 4.69) is 39.8 Å². The Bertz CT molecular complexity index is 800. The van der Waals surface area contributed by atoms with Crippen LogP contribution in [0.15, 0.2) is 48.5 Å². The molecule has 1 fully saturated rings. The Morgan fingerprint density at radius 1 is 0.828 bits per heavy atom. The van der Waals surface area contributed by atoms with Gasteiger partial charge in [0.05, 0.1) is 0 Å². The fourth-order valence-electron chi connectivity index (χ4n) is 3.47. The quantitative estimate of drug-likeness (QED) is 0.537. The van der Waals surface area contributed by atoms with Crippen LogP contribution in [0.3, 0.4) is 0 Å². The van der Waals surface area contributed by atoms with Crippen molar-refractivity contribution in [2.24, 2.45) is 0 Å². The molecule has 0 saturated carbocycles. The van der Waals surface area contributed by atoms with Gasteiger partial charge in [0.1, 0.15) is 0 Å². The van der Waals surface area contributed by atoms with Crippen LogP contribution in [-0.2, 0) is 22.6 Å². The number of nitrogens with one attached hydrogen (secondary N) is 2. The van der Waals surface area contributed by atoms with E-state index in [-0.39, 0.29) is 0 Å². The highest BCUT2D eigenvalue weighted by atomic mass is 35.5. The molecule has 1 saturated heterocycles. The fraction of sp³-hybridized carbons (Fsp3) is 0.391. The number of hydrogen-bond donors (Lipinski definition) is 2. The molecule has 0 radical (unpaired) electrons. The molecule has 29 heavy (non-hydrogen) atoms. The van der Waals surface area contributed by atoms with Gasteiger partial charge in [-0.25, -0.2) is 0 Å². The molecule has 154 valence electrons. The fourth-order valence-corrected chi connectivity index (χ4v) is 3.59. The Morgan fingerprint density at radius 3 is 2.14 bits per heavy atom. The Balaban J connectivity index is 1.33. The maximum absolute atomic E-state index is 11.9. The van der Waals surface area contributed by atoms with Crippen molar-refractivity contribution in [3.8, 4) is 0 Å². The van der Waals surface area contributed by atoms with E-state index in [9.17, 15) is 9.59 Å². The van der Waals surface area contributed by atoms with Gasteiger partial charge >= 0.3 is 11.8 Å². The lowest BCUT2D eigenvalue weighted by molar-refractivity contribution is -0.139. The van der Waals surface area contributed by atoms with Crippen molar-refractivity contribution in [1.29, 1.82) is 0 Å². The summed E-state index contributed by atoms with van der Waals surface area (Å²) in [6, 6.07) is 15.8. The molecule has 2 aromatic rings. The van der Waals surface area contributed by atoms with Gasteiger partial charge in [0.2, 0.25) is 0 Å². The zero-order valence-corrected chi connectivity index (χ0v) is 17.4. The van der Waals surface area contributed by atoms with Gasteiger partial charge in [-0.2, -0.15) is 0 Å². The monoisotopic (exact) mass is 413 g/mol. The van der Waals surface area contributed by atoms with Gasteiger partial charge in [-0.1, -0.05) is 35.9 Å². The minimum absolute atomic E-state index is 0.298. The Hall–Kier alpha value is -2.53. The maximum Gasteiger partial charge on any atom is 0.309 e. The largest absolute Gasteiger partial charge is 0.372 e. The molecule has 2 N–H and O–H groups in total. The summed E-state index contributed by atoms with van der Waals surface area (Å²) in [6.45, 7) is 3.06. The van der Waals surface area contributed by atoms with E-state index in [0.29, 0.717) is 18.1 Å². The average molecular weight is 414 g/mol. The number of halogens is 1. The molecule has 1 aliphatic heterocycles. The number of amides is 2. The van der Waals surface area contributed by atoms with Gasteiger partial charge in [0.15, 0.2) is 0 Å². The molecule has 0 spiro atoms. The van der Waals surface area contributed by atoms with Crippen LogP contribution in [0.2, 0.25) is 5.02 Å². The second-order valence-corrected chi connectivity index (χ2v) is 7.82. The number of anilines is 1. The van der Waals surface area contributed by atoms with Crippen molar-refractivity contribution >= 4 is 29.1 Å². The molecule has 5 nitrogen and oxygen atoms in total. The van der Waals surface area contributed by atoms with Crippen LogP contribution in [0.4, 0.5) is 5.69 Å². The molecule has 2 amide bonds. The van der Waals surface area contributed by atoms with Crippen molar-refractivity contribution < 1.29 is 9.59 Å². The minimum Gasteiger partial charge on any atom is -0.372 e. The number of hydrogen-bond acceptors (Lipinski definition) is 3. The van der Waals surface area contributed by atoms with Crippen LogP contribution in [-0.4, -0.2) is 31.4 Å². The third kappa shape index (κ3) is 6.79. The molecule has 1 aliphatic rings. The molecule has 0 aromatic heterocycles. The summed E-state index contributed by atoms with van der Waals surface area (Å²) in [6.07, 6.45) is 5.54. The smallest absolute Gasteiger partial charge is 0.309 e. The lowest BCUT2D eigenvalue weighted by atomic mass is 10.1. The third-order valence-electron chi connectivity index (χ3n) is 5.16. The van der Waals surface area contributed by atoms with Crippen LogP contribution >= 0.6 is 11.6 Å². The number of piperidine rings is 1. The predicted molar refractivity (Wildman–Crippen MR) is 117 cm³/mol. The van der Waals surface area contributed by atoms with Crippen molar-refractivity contribution in [2.45, 2.75) is 38.6 Å². The molecule has 0 atom stereocenters. The Morgan fingerprint density at radius 2 is 1.45 bits per heavy atom. The SMILES string of the molecule is O=C(NCCCc1ccc(N2CCCCC2)cc1)C(=O)NCc1ccc(Cl)cc1. The van der Waals surface area contributed by atoms with E-state index in [0.717, 1.165) is 31.5 Å². The summed E-state index contributed by atoms with van der Waals surface area (Å²) in [7, 11) is 0. The molecule has 6 heteroatoms. The molecular formula is C23H28ClN3O2. The first-order valence-electron chi connectivity index (χ1n) is 10.3. The van der Waals surface area contributed by atoms with Gasteiger partial charge in [-0.05, 0) is 67.5 Å². The van der Waals surface area contributed by atoms with Crippen molar-refractivity contribution in [3.05, 3.63) is 64.7 Å². The summed E-state index contributed by atoms with van der Waals surface area (Å²) in [4.78, 5) is 26.2. The van der Waals surface area contributed by atoms with E-state index < -0.39 is 11.8 Å². The highest BCUT2D eigenvalue weighted by Gasteiger charge is 2.12. The van der Waals surface area contributed by atoms with Crippen LogP contribution < -0.4 is 15.5 Å². The van der Waals surface area contributed by atoms with Gasteiger partial charge < -0.3 is 15.5 Å². The summed E-state index contributed by atoms with van der Waals surface area (Å²) in [5, 5.41) is 5.93. The number of carbonyl (C=O) groups is 2. The predicted octanol–water partition coefficient (Wildman–Crippen LogP) is 3.70. The van der Waals surface area contributed by atoms with Crippen LogP contribution in [0, 0.1) is 0 Å². The lowest BCUT2D eigenvalue weighted by Gasteiger charge is -2.28. The number of benzene rings is 2. The Labute approximate surface area is 177 Å². The first-order valence-corrected chi connectivity index (χ1v) is 10.6. The number of carbonyl (C=O) groups excluding carboxylic acids is 2. The first kappa shape index (κ1) is 21.2. The molecular weight excluding hydrogens is 386 g/mol. The second-order valence-electron chi connectivity index (χ2n) is 7.38. The summed E-state index contributed by atoms with van der Waals surface area (Å²) >= 11 is 5.83. The summed E-state index contributed by atoms with van der Waals surface area (Å²) in [5.41, 5.74) is 3.43. The summed E-state index contributed by atoms with van der Waals surface area (Å²) in [5.74, 6) is -1.22. The molecule has 0 aliphatic carbocycles. The molecule has 0 unspecified atom stereocenters. The van der Waals surface area contributed by atoms with Crippen LogP contribution in [0.1, 0.15) is 36.8 Å². The average Bonchev–Trinajstić information content (AvgIpc) is 2.77. The standard InChI is InChI=1S/C23H28ClN3O2/c24-20-10-6-19(7-11-20)17-26-23(29)22(28)25-14-4-5-18-8-12-21(13-9-18)27-15-2-1-3-16-27/h6-13H,1-5,14-17H2,(H,25,28)(H,26,29).